The molecule has 10 heteroatoms. The molecule has 0 saturated carbocycles. The van der Waals surface area contributed by atoms with Crippen molar-refractivity contribution in [2.24, 2.45) is 11.1 Å². The number of fused-ring (bicyclic) bond motifs is 1. The number of alkyl carbamates (subject to hydrolysis) is 1. The van der Waals surface area contributed by atoms with Gasteiger partial charge in [0.25, 0.3) is 0 Å². The van der Waals surface area contributed by atoms with Crippen molar-refractivity contribution < 1.29 is 18.7 Å². The Morgan fingerprint density at radius 3 is 2.82 bits per heavy atom. The van der Waals surface area contributed by atoms with E-state index in [0.29, 0.717) is 48.5 Å². The van der Waals surface area contributed by atoms with E-state index in [1.165, 1.54) is 13.3 Å². The number of halogens is 1. The van der Waals surface area contributed by atoms with Crippen molar-refractivity contribution in [2.45, 2.75) is 19.1 Å². The molecule has 1 unspecified atom stereocenters. The monoisotopic (exact) mass is 467 g/mol. The quantitative estimate of drug-likeness (QED) is 0.481. The number of hydrogen-bond donors (Lipinski definition) is 1. The molecule has 1 aliphatic rings. The first-order chi connectivity index (χ1) is 16.6. The number of aromatic nitrogens is 2. The number of likely N-dealkylation sites (tertiary alicyclic amines) is 1. The molecule has 4 rings (SSSR count). The van der Waals surface area contributed by atoms with Gasteiger partial charge in [0, 0.05) is 43.7 Å². The molecule has 3 aromatic rings. The smallest absolute Gasteiger partial charge is 0.407 e. The number of rotatable bonds is 9. The molecular formula is C24H26FN5O4. The third kappa shape index (κ3) is 5.63. The number of methoxy groups -OCH3 is 1. The minimum absolute atomic E-state index is 0.154. The van der Waals surface area contributed by atoms with E-state index >= 15 is 0 Å². The number of carbonyl (C=O) groups excluding carboxylic acids is 1. The van der Waals surface area contributed by atoms with E-state index in [4.69, 9.17) is 9.47 Å². The van der Waals surface area contributed by atoms with Crippen LogP contribution < -0.4 is 10.1 Å². The number of nitroso groups, excluding NO2 is 1. The van der Waals surface area contributed by atoms with Gasteiger partial charge in [-0.15, -0.1) is 0 Å². The summed E-state index contributed by atoms with van der Waals surface area (Å²) in [6.45, 7) is 1.94. The van der Waals surface area contributed by atoms with E-state index in [9.17, 15) is 14.1 Å². The summed E-state index contributed by atoms with van der Waals surface area (Å²) in [5.74, 6) is -0.200. The summed E-state index contributed by atoms with van der Waals surface area (Å²) < 4.78 is 24.9. The van der Waals surface area contributed by atoms with E-state index in [0.717, 1.165) is 5.56 Å². The maximum Gasteiger partial charge on any atom is 0.407 e. The van der Waals surface area contributed by atoms with Gasteiger partial charge >= 0.3 is 6.09 Å². The van der Waals surface area contributed by atoms with Gasteiger partial charge in [-0.3, -0.25) is 4.98 Å². The Morgan fingerprint density at radius 1 is 1.24 bits per heavy atom. The van der Waals surface area contributed by atoms with Gasteiger partial charge in [-0.25, -0.2) is 14.2 Å². The summed E-state index contributed by atoms with van der Waals surface area (Å²) >= 11 is 0. The largest absolute Gasteiger partial charge is 0.481 e. The predicted molar refractivity (Wildman–Crippen MR) is 124 cm³/mol. The van der Waals surface area contributed by atoms with Gasteiger partial charge in [0.1, 0.15) is 18.5 Å². The number of nitrogens with one attached hydrogen (secondary N) is 1. The number of benzene rings is 1. The van der Waals surface area contributed by atoms with Gasteiger partial charge in [-0.2, -0.15) is 4.91 Å². The summed E-state index contributed by atoms with van der Waals surface area (Å²) in [6, 6.07) is 12.3. The number of carbonyl (C=O) groups is 1. The average molecular weight is 468 g/mol. The predicted octanol–water partition coefficient (Wildman–Crippen LogP) is 3.31. The van der Waals surface area contributed by atoms with Gasteiger partial charge in [0.15, 0.2) is 0 Å². The highest BCUT2D eigenvalue weighted by atomic mass is 19.1. The molecule has 178 valence electrons. The molecule has 34 heavy (non-hydrogen) atoms. The molecule has 2 aromatic heterocycles. The Morgan fingerprint density at radius 2 is 2.06 bits per heavy atom. The molecule has 0 bridgehead atoms. The molecule has 1 aliphatic heterocycles. The maximum absolute atomic E-state index is 14.6. The first-order valence-corrected chi connectivity index (χ1v) is 11.0. The lowest BCUT2D eigenvalue weighted by Gasteiger charge is -2.17. The molecule has 1 fully saturated rings. The van der Waals surface area contributed by atoms with Gasteiger partial charge < -0.3 is 19.7 Å². The number of pyridine rings is 2. The molecule has 1 saturated heterocycles. The van der Waals surface area contributed by atoms with Crippen LogP contribution >= 0.6 is 0 Å². The van der Waals surface area contributed by atoms with Gasteiger partial charge in [-0.1, -0.05) is 35.5 Å². The van der Waals surface area contributed by atoms with Crippen LogP contribution in [0.5, 0.6) is 5.88 Å². The molecule has 2 atom stereocenters. The molecule has 3 heterocycles. The molecule has 1 amide bonds. The van der Waals surface area contributed by atoms with E-state index in [2.05, 4.69) is 20.5 Å². The lowest BCUT2D eigenvalue weighted by atomic mass is 10.1. The first kappa shape index (κ1) is 23.5. The summed E-state index contributed by atoms with van der Waals surface area (Å²) in [4.78, 5) is 33.9. The molecule has 9 nitrogen and oxygen atoms in total. The van der Waals surface area contributed by atoms with Gasteiger partial charge in [0.05, 0.1) is 24.3 Å². The lowest BCUT2D eigenvalue weighted by molar-refractivity contribution is 0.138. The highest BCUT2D eigenvalue weighted by molar-refractivity contribution is 5.78. The summed E-state index contributed by atoms with van der Waals surface area (Å²) in [5, 5.41) is 5.96. The fraction of sp³-hybridized carbons (Fsp3) is 0.375. The number of amides is 1. The molecule has 0 radical (unpaired) electrons. The molecule has 1 aromatic carbocycles. The fourth-order valence-corrected chi connectivity index (χ4v) is 4.13. The van der Waals surface area contributed by atoms with E-state index < -0.39 is 18.0 Å². The highest BCUT2D eigenvalue weighted by Gasteiger charge is 2.34. The zero-order valence-electron chi connectivity index (χ0n) is 18.8. The normalized spacial score (nSPS) is 18.1. The Hall–Kier alpha value is -3.66. The molecule has 1 N–H and O–H groups in total. The second-order valence-electron chi connectivity index (χ2n) is 8.19. The van der Waals surface area contributed by atoms with Crippen LogP contribution in [-0.2, 0) is 17.8 Å². The summed E-state index contributed by atoms with van der Waals surface area (Å²) in [5.41, 5.74) is 2.39. The molecule has 0 spiro atoms. The van der Waals surface area contributed by atoms with Crippen LogP contribution in [0.4, 0.5) is 9.18 Å². The topological polar surface area (TPSA) is 106 Å². The average Bonchev–Trinajstić information content (AvgIpc) is 3.28. The SMILES string of the molecule is COc1ccc2ncc(F)c(CCN3CC(N=O)[C@H](CNC(=O)OCc4ccccc4)C3)c2n1. The van der Waals surface area contributed by atoms with Crippen molar-refractivity contribution in [1.29, 1.82) is 0 Å². The van der Waals surface area contributed by atoms with Gasteiger partial charge in [0.2, 0.25) is 5.88 Å². The number of hydrogen-bond acceptors (Lipinski definition) is 8. The maximum atomic E-state index is 14.6. The summed E-state index contributed by atoms with van der Waals surface area (Å²) in [6.07, 6.45) is 1.03. The first-order valence-electron chi connectivity index (χ1n) is 11.0. The van der Waals surface area contributed by atoms with Crippen LogP contribution in [0.1, 0.15) is 11.1 Å². The van der Waals surface area contributed by atoms with Crippen LogP contribution in [0.2, 0.25) is 0 Å². The standard InChI is InChI=1S/C24H26FN5O4/c1-33-22-8-7-20-23(28-22)18(19(25)12-26-20)9-10-30-13-17(21(14-30)29-32)11-27-24(31)34-15-16-5-3-2-4-6-16/h2-8,12,17,21H,9-11,13-15H2,1H3,(H,27,31)/t17-,21?/m1/s1. The minimum atomic E-state index is -0.544. The highest BCUT2D eigenvalue weighted by Crippen LogP contribution is 2.24. The summed E-state index contributed by atoms with van der Waals surface area (Å²) in [7, 11) is 1.50. The Balaban J connectivity index is 1.32. The van der Waals surface area contributed by atoms with Crippen molar-refractivity contribution in [3.8, 4) is 5.88 Å². The van der Waals surface area contributed by atoms with Crippen LogP contribution in [0, 0.1) is 16.6 Å². The van der Waals surface area contributed by atoms with Crippen LogP contribution in [-0.4, -0.2) is 60.3 Å². The third-order valence-electron chi connectivity index (χ3n) is 5.97. The Labute approximate surface area is 196 Å². The second kappa shape index (κ2) is 11.0. The second-order valence-corrected chi connectivity index (χ2v) is 8.19. The van der Waals surface area contributed by atoms with Gasteiger partial charge in [-0.05, 0) is 18.1 Å². The van der Waals surface area contributed by atoms with Crippen molar-refractivity contribution in [2.75, 3.05) is 33.3 Å². The third-order valence-corrected chi connectivity index (χ3v) is 5.97. The zero-order valence-corrected chi connectivity index (χ0v) is 18.8. The van der Waals surface area contributed by atoms with Crippen molar-refractivity contribution >= 4 is 17.1 Å². The van der Waals surface area contributed by atoms with E-state index in [-0.39, 0.29) is 19.1 Å². The Kier molecular flexibility index (Phi) is 7.58. The van der Waals surface area contributed by atoms with Crippen molar-refractivity contribution in [3.05, 3.63) is 70.5 Å². The van der Waals surface area contributed by atoms with E-state index in [1.807, 2.05) is 35.2 Å². The van der Waals surface area contributed by atoms with Crippen LogP contribution in [0.3, 0.4) is 0 Å². The number of nitrogens with zero attached hydrogens (tertiary/aromatic N) is 4. The van der Waals surface area contributed by atoms with Crippen molar-refractivity contribution in [3.63, 3.8) is 0 Å². The molecular weight excluding hydrogens is 441 g/mol. The Bertz CT molecular complexity index is 1150. The fourth-order valence-electron chi connectivity index (χ4n) is 4.13. The molecule has 0 aliphatic carbocycles. The van der Waals surface area contributed by atoms with Crippen molar-refractivity contribution in [1.82, 2.24) is 20.2 Å². The van der Waals surface area contributed by atoms with E-state index in [1.54, 1.807) is 12.1 Å². The number of ether oxygens (including phenoxy) is 2. The zero-order chi connectivity index (χ0) is 23.9. The van der Waals surface area contributed by atoms with Crippen LogP contribution in [0.25, 0.3) is 11.0 Å². The lowest BCUT2D eigenvalue weighted by Crippen LogP contribution is -2.34. The van der Waals surface area contributed by atoms with Crippen LogP contribution in [0.15, 0.2) is 53.8 Å². The minimum Gasteiger partial charge on any atom is -0.481 e.